The van der Waals surface area contributed by atoms with Crippen molar-refractivity contribution in [3.05, 3.63) is 34.9 Å². The van der Waals surface area contributed by atoms with E-state index in [0.29, 0.717) is 6.04 Å². The fourth-order valence-corrected chi connectivity index (χ4v) is 2.68. The zero-order chi connectivity index (χ0) is 13.1. The lowest BCUT2D eigenvalue weighted by Gasteiger charge is -2.31. The second-order valence-electron chi connectivity index (χ2n) is 5.51. The zero-order valence-corrected chi connectivity index (χ0v) is 11.4. The summed E-state index contributed by atoms with van der Waals surface area (Å²) in [5.74, 6) is 0. The minimum absolute atomic E-state index is 0.347. The van der Waals surface area contributed by atoms with E-state index in [-0.39, 0.29) is 6.10 Å². The third-order valence-corrected chi connectivity index (χ3v) is 3.85. The Morgan fingerprint density at radius 2 is 2.00 bits per heavy atom. The van der Waals surface area contributed by atoms with E-state index in [1.807, 2.05) is 6.07 Å². The summed E-state index contributed by atoms with van der Waals surface area (Å²) < 4.78 is 0. The van der Waals surface area contributed by atoms with Crippen LogP contribution in [0.4, 0.5) is 0 Å². The second kappa shape index (κ2) is 5.83. The van der Waals surface area contributed by atoms with Crippen molar-refractivity contribution < 1.29 is 5.11 Å². The maximum Gasteiger partial charge on any atom is 0.0919 e. The topological polar surface area (TPSA) is 49.5 Å². The SMILES string of the molecule is Cc1ccc(C(O)CN2CCC(N)CC2)c(C)c1. The van der Waals surface area contributed by atoms with E-state index >= 15 is 0 Å². The molecule has 2 rings (SSSR count). The Hall–Kier alpha value is -0.900. The van der Waals surface area contributed by atoms with Crippen LogP contribution in [0, 0.1) is 13.8 Å². The van der Waals surface area contributed by atoms with Crippen LogP contribution >= 0.6 is 0 Å². The number of hydrogen-bond acceptors (Lipinski definition) is 3. The molecule has 0 aromatic heterocycles. The van der Waals surface area contributed by atoms with Gasteiger partial charge in [0.25, 0.3) is 0 Å². The van der Waals surface area contributed by atoms with Crippen molar-refractivity contribution in [1.29, 1.82) is 0 Å². The lowest BCUT2D eigenvalue weighted by Crippen LogP contribution is -2.41. The molecule has 18 heavy (non-hydrogen) atoms. The highest BCUT2D eigenvalue weighted by Crippen LogP contribution is 2.21. The van der Waals surface area contributed by atoms with Crippen LogP contribution in [0.5, 0.6) is 0 Å². The third kappa shape index (κ3) is 3.31. The summed E-state index contributed by atoms with van der Waals surface area (Å²) >= 11 is 0. The number of nitrogens with two attached hydrogens (primary N) is 1. The summed E-state index contributed by atoms with van der Waals surface area (Å²) in [5.41, 5.74) is 9.36. The Balaban J connectivity index is 1.97. The van der Waals surface area contributed by atoms with Gasteiger partial charge in [-0.25, -0.2) is 0 Å². The van der Waals surface area contributed by atoms with Crippen molar-refractivity contribution in [2.45, 2.75) is 38.8 Å². The number of aliphatic hydroxyl groups excluding tert-OH is 1. The molecule has 1 aromatic rings. The zero-order valence-electron chi connectivity index (χ0n) is 11.4. The molecular formula is C15H24N2O. The van der Waals surface area contributed by atoms with Gasteiger partial charge in [-0.2, -0.15) is 0 Å². The first kappa shape index (κ1) is 13.5. The molecule has 1 aliphatic rings. The molecule has 1 aromatic carbocycles. The maximum atomic E-state index is 10.3. The average Bonchev–Trinajstić information content (AvgIpc) is 2.32. The lowest BCUT2D eigenvalue weighted by molar-refractivity contribution is 0.0973. The first-order chi connectivity index (χ1) is 8.56. The van der Waals surface area contributed by atoms with E-state index in [4.69, 9.17) is 5.73 Å². The van der Waals surface area contributed by atoms with Gasteiger partial charge in [-0.3, -0.25) is 0 Å². The molecule has 1 saturated heterocycles. The number of hydrogen-bond donors (Lipinski definition) is 2. The Morgan fingerprint density at radius 1 is 1.33 bits per heavy atom. The van der Waals surface area contributed by atoms with E-state index in [1.54, 1.807) is 0 Å². The molecule has 3 nitrogen and oxygen atoms in total. The number of nitrogens with zero attached hydrogens (tertiary/aromatic N) is 1. The van der Waals surface area contributed by atoms with Crippen molar-refractivity contribution in [2.24, 2.45) is 5.73 Å². The van der Waals surface area contributed by atoms with Gasteiger partial charge in [0.05, 0.1) is 6.10 Å². The second-order valence-corrected chi connectivity index (χ2v) is 5.51. The van der Waals surface area contributed by atoms with Gasteiger partial charge in [0.1, 0.15) is 0 Å². The Kier molecular flexibility index (Phi) is 4.38. The lowest BCUT2D eigenvalue weighted by atomic mass is 9.99. The quantitative estimate of drug-likeness (QED) is 0.857. The van der Waals surface area contributed by atoms with E-state index < -0.39 is 0 Å². The number of likely N-dealkylation sites (tertiary alicyclic amines) is 1. The van der Waals surface area contributed by atoms with Crippen molar-refractivity contribution in [3.63, 3.8) is 0 Å². The van der Waals surface area contributed by atoms with Crippen molar-refractivity contribution >= 4 is 0 Å². The molecule has 1 aliphatic heterocycles. The number of rotatable bonds is 3. The van der Waals surface area contributed by atoms with Crippen molar-refractivity contribution in [3.8, 4) is 0 Å². The molecular weight excluding hydrogens is 224 g/mol. The summed E-state index contributed by atoms with van der Waals surface area (Å²) in [5, 5.41) is 10.3. The monoisotopic (exact) mass is 248 g/mol. The fourth-order valence-electron chi connectivity index (χ4n) is 2.68. The predicted octanol–water partition coefficient (Wildman–Crippen LogP) is 1.76. The van der Waals surface area contributed by atoms with Crippen molar-refractivity contribution in [1.82, 2.24) is 4.90 Å². The van der Waals surface area contributed by atoms with Crippen LogP contribution in [0.15, 0.2) is 18.2 Å². The highest BCUT2D eigenvalue weighted by Gasteiger charge is 2.20. The molecule has 0 aliphatic carbocycles. The number of aliphatic hydroxyl groups is 1. The molecule has 0 spiro atoms. The minimum Gasteiger partial charge on any atom is -0.387 e. The highest BCUT2D eigenvalue weighted by molar-refractivity contribution is 5.32. The average molecular weight is 248 g/mol. The van der Waals surface area contributed by atoms with Gasteiger partial charge in [0.15, 0.2) is 0 Å². The third-order valence-electron chi connectivity index (χ3n) is 3.85. The first-order valence-electron chi connectivity index (χ1n) is 6.79. The molecule has 1 atom stereocenters. The summed E-state index contributed by atoms with van der Waals surface area (Å²) in [6.45, 7) is 6.87. The molecule has 1 unspecified atom stereocenters. The van der Waals surface area contributed by atoms with Gasteiger partial charge in [-0.15, -0.1) is 0 Å². The molecule has 1 fully saturated rings. The van der Waals surface area contributed by atoms with E-state index in [9.17, 15) is 5.11 Å². The van der Waals surface area contributed by atoms with Gasteiger partial charge in [0, 0.05) is 12.6 Å². The Labute approximate surface area is 110 Å². The van der Waals surface area contributed by atoms with Gasteiger partial charge in [-0.05, 0) is 50.9 Å². The number of benzene rings is 1. The molecule has 0 amide bonds. The number of piperidine rings is 1. The predicted molar refractivity (Wildman–Crippen MR) is 74.5 cm³/mol. The molecule has 1 heterocycles. The first-order valence-corrected chi connectivity index (χ1v) is 6.79. The number of β-amino-alcohol motifs (C(OH)–C–C–N with tert-alkyl or cyclic N) is 1. The Morgan fingerprint density at radius 3 is 2.61 bits per heavy atom. The smallest absolute Gasteiger partial charge is 0.0919 e. The van der Waals surface area contributed by atoms with Crippen LogP contribution in [0.2, 0.25) is 0 Å². The van der Waals surface area contributed by atoms with E-state index in [1.165, 1.54) is 11.1 Å². The number of aryl methyl sites for hydroxylation is 2. The van der Waals surface area contributed by atoms with Gasteiger partial charge in [-0.1, -0.05) is 23.8 Å². The van der Waals surface area contributed by atoms with Crippen molar-refractivity contribution in [2.75, 3.05) is 19.6 Å². The Bertz CT molecular complexity index is 397. The normalized spacial score (nSPS) is 20.0. The van der Waals surface area contributed by atoms with Crippen LogP contribution in [0.1, 0.15) is 35.6 Å². The standard InChI is InChI=1S/C15H24N2O/c1-11-3-4-14(12(2)9-11)15(18)10-17-7-5-13(16)6-8-17/h3-4,9,13,15,18H,5-8,10,16H2,1-2H3. The van der Waals surface area contributed by atoms with Gasteiger partial charge < -0.3 is 15.7 Å². The van der Waals surface area contributed by atoms with E-state index in [0.717, 1.165) is 38.0 Å². The summed E-state index contributed by atoms with van der Waals surface area (Å²) in [6.07, 6.45) is 1.69. The highest BCUT2D eigenvalue weighted by atomic mass is 16.3. The van der Waals surface area contributed by atoms with Crippen LogP contribution in [-0.4, -0.2) is 35.7 Å². The molecule has 100 valence electrons. The molecule has 3 heteroatoms. The summed E-state index contributed by atoms with van der Waals surface area (Å²) in [4.78, 5) is 2.31. The van der Waals surface area contributed by atoms with Gasteiger partial charge >= 0.3 is 0 Å². The fraction of sp³-hybridized carbons (Fsp3) is 0.600. The summed E-state index contributed by atoms with van der Waals surface area (Å²) in [6, 6.07) is 6.59. The minimum atomic E-state index is -0.389. The largest absolute Gasteiger partial charge is 0.387 e. The van der Waals surface area contributed by atoms with Crippen LogP contribution in [-0.2, 0) is 0 Å². The maximum absolute atomic E-state index is 10.3. The molecule has 0 bridgehead atoms. The van der Waals surface area contributed by atoms with E-state index in [2.05, 4.69) is 30.9 Å². The van der Waals surface area contributed by atoms with Crippen LogP contribution in [0.3, 0.4) is 0 Å². The molecule has 3 N–H and O–H groups in total. The molecule has 0 radical (unpaired) electrons. The van der Waals surface area contributed by atoms with Gasteiger partial charge in [0.2, 0.25) is 0 Å². The molecule has 0 saturated carbocycles. The van der Waals surface area contributed by atoms with Crippen LogP contribution < -0.4 is 5.73 Å². The van der Waals surface area contributed by atoms with Crippen LogP contribution in [0.25, 0.3) is 0 Å². The summed E-state index contributed by atoms with van der Waals surface area (Å²) in [7, 11) is 0.